The lowest BCUT2D eigenvalue weighted by molar-refractivity contribution is -0.116. The second-order valence-corrected chi connectivity index (χ2v) is 7.26. The Hall–Kier alpha value is -3.00. The van der Waals surface area contributed by atoms with E-state index in [9.17, 15) is 14.4 Å². The predicted molar refractivity (Wildman–Crippen MR) is 104 cm³/mol. The molecule has 0 saturated carbocycles. The molecule has 0 radical (unpaired) electrons. The number of nitrogens with zero attached hydrogens (tertiary/aromatic N) is 2. The Balaban J connectivity index is 1.75. The third-order valence-electron chi connectivity index (χ3n) is 4.34. The molecule has 0 aliphatic heterocycles. The second-order valence-electron chi connectivity index (χ2n) is 6.04. The van der Waals surface area contributed by atoms with Gasteiger partial charge in [0.25, 0.3) is 5.56 Å². The van der Waals surface area contributed by atoms with E-state index < -0.39 is 5.97 Å². The van der Waals surface area contributed by atoms with Crippen LogP contribution in [0.2, 0.25) is 0 Å². The Bertz CT molecular complexity index is 1080. The van der Waals surface area contributed by atoms with Gasteiger partial charge in [-0.15, -0.1) is 11.3 Å². The van der Waals surface area contributed by atoms with Gasteiger partial charge in [-0.2, -0.15) is 0 Å². The number of ether oxygens (including phenoxy) is 1. The number of aryl methyl sites for hydroxylation is 2. The van der Waals surface area contributed by atoms with Gasteiger partial charge < -0.3 is 10.1 Å². The first kappa shape index (κ1) is 18.8. The first-order chi connectivity index (χ1) is 12.9. The van der Waals surface area contributed by atoms with E-state index in [-0.39, 0.29) is 24.4 Å². The summed E-state index contributed by atoms with van der Waals surface area (Å²) in [4.78, 5) is 42.0. The summed E-state index contributed by atoms with van der Waals surface area (Å²) in [6.45, 7) is 3.88. The van der Waals surface area contributed by atoms with Crippen LogP contribution < -0.4 is 10.9 Å². The van der Waals surface area contributed by atoms with E-state index in [1.807, 2.05) is 19.9 Å². The number of anilines is 1. The quantitative estimate of drug-likeness (QED) is 0.682. The summed E-state index contributed by atoms with van der Waals surface area (Å²) in [5.41, 5.74) is 1.59. The highest BCUT2D eigenvalue weighted by Crippen LogP contribution is 2.33. The molecule has 1 aromatic carbocycles. The molecule has 7 nitrogen and oxygen atoms in total. The van der Waals surface area contributed by atoms with Crippen LogP contribution in [0.15, 0.2) is 35.4 Å². The Morgan fingerprint density at radius 1 is 1.26 bits per heavy atom. The van der Waals surface area contributed by atoms with Gasteiger partial charge in [0, 0.05) is 17.8 Å². The van der Waals surface area contributed by atoms with Gasteiger partial charge in [-0.25, -0.2) is 9.78 Å². The maximum atomic E-state index is 12.5. The average molecular weight is 385 g/mol. The van der Waals surface area contributed by atoms with Crippen LogP contribution in [0.25, 0.3) is 10.9 Å². The van der Waals surface area contributed by atoms with Crippen molar-refractivity contribution < 1.29 is 14.3 Å². The lowest BCUT2D eigenvalue weighted by Crippen LogP contribution is -2.23. The van der Waals surface area contributed by atoms with E-state index in [2.05, 4.69) is 10.3 Å². The summed E-state index contributed by atoms with van der Waals surface area (Å²) in [6.07, 6.45) is 1.52. The molecule has 2 aromatic heterocycles. The molecule has 3 aromatic rings. The summed E-state index contributed by atoms with van der Waals surface area (Å²) >= 11 is 1.33. The van der Waals surface area contributed by atoms with Gasteiger partial charge in [0.2, 0.25) is 5.91 Å². The number of benzene rings is 1. The number of rotatable bonds is 5. The number of aromatic nitrogens is 2. The number of carbonyl (C=O) groups is 2. The molecule has 0 fully saturated rings. The number of methoxy groups -OCH3 is 1. The minimum atomic E-state index is -0.484. The number of amides is 1. The molecule has 0 bridgehead atoms. The van der Waals surface area contributed by atoms with Crippen molar-refractivity contribution in [1.29, 1.82) is 0 Å². The van der Waals surface area contributed by atoms with Crippen molar-refractivity contribution in [2.45, 2.75) is 26.8 Å². The number of fused-ring (bicyclic) bond motifs is 1. The van der Waals surface area contributed by atoms with Crippen LogP contribution in [0.4, 0.5) is 5.00 Å². The third-order valence-corrected chi connectivity index (χ3v) is 5.46. The van der Waals surface area contributed by atoms with Crippen molar-refractivity contribution in [2.75, 3.05) is 12.4 Å². The Morgan fingerprint density at radius 2 is 2.00 bits per heavy atom. The highest BCUT2D eigenvalue weighted by molar-refractivity contribution is 7.16. The van der Waals surface area contributed by atoms with Crippen LogP contribution in [0.5, 0.6) is 0 Å². The fourth-order valence-electron chi connectivity index (χ4n) is 2.74. The molecule has 1 N–H and O–H groups in total. The normalized spacial score (nSPS) is 10.8. The van der Waals surface area contributed by atoms with Crippen molar-refractivity contribution in [3.05, 3.63) is 57.0 Å². The zero-order valence-electron chi connectivity index (χ0n) is 15.2. The minimum Gasteiger partial charge on any atom is -0.465 e. The second kappa shape index (κ2) is 7.71. The van der Waals surface area contributed by atoms with E-state index in [1.54, 1.807) is 18.2 Å². The molecular weight excluding hydrogens is 366 g/mol. The van der Waals surface area contributed by atoms with Gasteiger partial charge in [-0.3, -0.25) is 14.2 Å². The zero-order chi connectivity index (χ0) is 19.6. The molecule has 0 aliphatic carbocycles. The summed E-state index contributed by atoms with van der Waals surface area (Å²) in [7, 11) is 1.31. The number of thiophene rings is 1. The van der Waals surface area contributed by atoms with Gasteiger partial charge in [-0.1, -0.05) is 12.1 Å². The molecular formula is C19H19N3O4S. The number of para-hydroxylation sites is 1. The topological polar surface area (TPSA) is 90.3 Å². The van der Waals surface area contributed by atoms with Crippen molar-refractivity contribution >= 4 is 39.1 Å². The average Bonchev–Trinajstić information content (AvgIpc) is 2.94. The smallest absolute Gasteiger partial charge is 0.341 e. The molecule has 2 heterocycles. The molecule has 0 aliphatic rings. The Kier molecular flexibility index (Phi) is 5.36. The summed E-state index contributed by atoms with van der Waals surface area (Å²) < 4.78 is 6.21. The first-order valence-electron chi connectivity index (χ1n) is 8.34. The van der Waals surface area contributed by atoms with Gasteiger partial charge >= 0.3 is 5.97 Å². The predicted octanol–water partition coefficient (Wildman–Crippen LogP) is 2.89. The minimum absolute atomic E-state index is 0.0799. The van der Waals surface area contributed by atoms with Crippen molar-refractivity contribution in [1.82, 2.24) is 9.55 Å². The van der Waals surface area contributed by atoms with Crippen LogP contribution in [0.3, 0.4) is 0 Å². The monoisotopic (exact) mass is 385 g/mol. The highest BCUT2D eigenvalue weighted by atomic mass is 32.1. The fourth-order valence-corrected chi connectivity index (χ4v) is 3.80. The van der Waals surface area contributed by atoms with E-state index in [4.69, 9.17) is 4.74 Å². The van der Waals surface area contributed by atoms with Crippen LogP contribution in [-0.4, -0.2) is 28.5 Å². The molecule has 1 amide bonds. The highest BCUT2D eigenvalue weighted by Gasteiger charge is 2.21. The lowest BCUT2D eigenvalue weighted by Gasteiger charge is -2.08. The third kappa shape index (κ3) is 3.75. The fraction of sp³-hybridized carbons (Fsp3) is 0.263. The SMILES string of the molecule is COC(=O)c1c(NC(=O)CCn2cnc3ccccc3c2=O)sc(C)c1C. The zero-order valence-corrected chi connectivity index (χ0v) is 16.1. The molecule has 0 spiro atoms. The molecule has 0 unspecified atom stereocenters. The van der Waals surface area contributed by atoms with Crippen LogP contribution in [-0.2, 0) is 16.1 Å². The molecule has 0 saturated heterocycles. The van der Waals surface area contributed by atoms with E-state index >= 15 is 0 Å². The lowest BCUT2D eigenvalue weighted by atomic mass is 10.1. The van der Waals surface area contributed by atoms with E-state index in [0.29, 0.717) is 21.5 Å². The molecule has 27 heavy (non-hydrogen) atoms. The van der Waals surface area contributed by atoms with E-state index in [1.165, 1.54) is 29.3 Å². The molecule has 8 heteroatoms. The van der Waals surface area contributed by atoms with Crippen molar-refractivity contribution in [2.24, 2.45) is 0 Å². The molecule has 140 valence electrons. The summed E-state index contributed by atoms with van der Waals surface area (Å²) in [5.74, 6) is -0.774. The standard InChI is InChI=1S/C19H19N3O4S/c1-11-12(2)27-17(16(11)19(25)26-3)21-15(23)8-9-22-10-20-14-7-5-4-6-13(14)18(22)24/h4-7,10H,8-9H2,1-3H3,(H,21,23). The molecule has 3 rings (SSSR count). The maximum Gasteiger partial charge on any atom is 0.341 e. The Morgan fingerprint density at radius 3 is 2.74 bits per heavy atom. The van der Waals surface area contributed by atoms with Crippen LogP contribution >= 0.6 is 11.3 Å². The number of hydrogen-bond donors (Lipinski definition) is 1. The van der Waals surface area contributed by atoms with Gasteiger partial charge in [0.05, 0.1) is 29.9 Å². The first-order valence-corrected chi connectivity index (χ1v) is 9.16. The van der Waals surface area contributed by atoms with Gasteiger partial charge in [0.15, 0.2) is 0 Å². The van der Waals surface area contributed by atoms with Gasteiger partial charge in [0.1, 0.15) is 5.00 Å². The number of esters is 1. The number of carbonyl (C=O) groups excluding carboxylic acids is 2. The maximum absolute atomic E-state index is 12.5. The summed E-state index contributed by atoms with van der Waals surface area (Å²) in [6, 6.07) is 7.07. The molecule has 0 atom stereocenters. The Labute approximate surface area is 159 Å². The van der Waals surface area contributed by atoms with Crippen molar-refractivity contribution in [3.8, 4) is 0 Å². The van der Waals surface area contributed by atoms with Crippen LogP contribution in [0.1, 0.15) is 27.2 Å². The van der Waals surface area contributed by atoms with Gasteiger partial charge in [-0.05, 0) is 31.5 Å². The van der Waals surface area contributed by atoms with Crippen LogP contribution in [0, 0.1) is 13.8 Å². The summed E-state index contributed by atoms with van der Waals surface area (Å²) in [5, 5.41) is 3.73. The van der Waals surface area contributed by atoms with Crippen molar-refractivity contribution in [3.63, 3.8) is 0 Å². The number of hydrogen-bond acceptors (Lipinski definition) is 6. The van der Waals surface area contributed by atoms with E-state index in [0.717, 1.165) is 10.4 Å². The number of nitrogens with one attached hydrogen (secondary N) is 1. The largest absolute Gasteiger partial charge is 0.465 e.